The summed E-state index contributed by atoms with van der Waals surface area (Å²) in [5.41, 5.74) is 20.8. The van der Waals surface area contributed by atoms with Crippen LogP contribution in [-0.4, -0.2) is 13.4 Å². The summed E-state index contributed by atoms with van der Waals surface area (Å²) < 4.78 is 29.2. The molecule has 0 atom stereocenters. The highest BCUT2D eigenvalue weighted by Gasteiger charge is 2.55. The van der Waals surface area contributed by atoms with Gasteiger partial charge in [0.15, 0.2) is 11.2 Å². The fourth-order valence-corrected chi connectivity index (χ4v) is 13.8. The number of nitrogens with zero attached hydrogens (tertiary/aromatic N) is 1. The molecule has 0 saturated heterocycles. The van der Waals surface area contributed by atoms with Gasteiger partial charge in [-0.25, -0.2) is 0 Å². The molecule has 8 heteroatoms. The molecule has 0 N–H and O–H groups in total. The van der Waals surface area contributed by atoms with Crippen LogP contribution in [-0.2, 0) is 10.8 Å². The van der Waals surface area contributed by atoms with Gasteiger partial charge >= 0.3 is 0 Å². The van der Waals surface area contributed by atoms with Crippen LogP contribution in [0.25, 0.3) is 66.1 Å². The van der Waals surface area contributed by atoms with Gasteiger partial charge < -0.3 is 23.2 Å². The van der Waals surface area contributed by atoms with Crippen molar-refractivity contribution in [3.05, 3.63) is 163 Å². The molecule has 2 aromatic heterocycles. The number of anilines is 3. The smallest absolute Gasteiger partial charge is 0.256 e. The molecule has 0 radical (unpaired) electrons. The molecule has 9 aromatic carbocycles. The first-order valence-electron chi connectivity index (χ1n) is 24.5. The molecule has 332 valence electrons. The molecule has 5 aliphatic rings. The zero-order valence-corrected chi connectivity index (χ0v) is 40.4. The van der Waals surface area contributed by atoms with Crippen molar-refractivity contribution in [3.63, 3.8) is 0 Å². The van der Waals surface area contributed by atoms with Gasteiger partial charge in [0.1, 0.15) is 34.2 Å². The van der Waals surface area contributed by atoms with E-state index < -0.39 is 0 Å². The second-order valence-electron chi connectivity index (χ2n) is 21.9. The van der Waals surface area contributed by atoms with Gasteiger partial charge in [-0.05, 0) is 90.1 Å². The van der Waals surface area contributed by atoms with E-state index in [9.17, 15) is 0 Å². The summed E-state index contributed by atoms with van der Waals surface area (Å²) >= 11 is 1.81. The van der Waals surface area contributed by atoms with Crippen molar-refractivity contribution in [3.8, 4) is 45.3 Å². The van der Waals surface area contributed by atoms with E-state index in [1.165, 1.54) is 43.9 Å². The molecule has 0 amide bonds. The first-order valence-corrected chi connectivity index (χ1v) is 25.3. The molecule has 0 spiro atoms. The van der Waals surface area contributed by atoms with E-state index in [2.05, 4.69) is 198 Å². The second kappa shape index (κ2) is 13.2. The third-order valence-electron chi connectivity index (χ3n) is 15.8. The van der Waals surface area contributed by atoms with Gasteiger partial charge in [0.2, 0.25) is 0 Å². The van der Waals surface area contributed by atoms with E-state index in [4.69, 9.17) is 18.3 Å². The number of hydrogen-bond donors (Lipinski definition) is 0. The Kier molecular flexibility index (Phi) is 7.41. The summed E-state index contributed by atoms with van der Waals surface area (Å²) in [7, 11) is 0. The van der Waals surface area contributed by atoms with E-state index in [0.29, 0.717) is 0 Å². The van der Waals surface area contributed by atoms with Crippen LogP contribution in [0.4, 0.5) is 17.1 Å². The molecule has 70 heavy (non-hydrogen) atoms. The Labute approximate surface area is 410 Å². The molecule has 11 aromatic rings. The molecule has 0 aliphatic carbocycles. The van der Waals surface area contributed by atoms with Gasteiger partial charge in [0.05, 0.1) is 21.2 Å². The predicted octanol–water partition coefficient (Wildman–Crippen LogP) is 13.2. The topological polar surface area (TPSA) is 48.0 Å². The lowest BCUT2D eigenvalue weighted by Crippen LogP contribution is -2.67. The summed E-state index contributed by atoms with van der Waals surface area (Å²) in [6.45, 7) is 13.6. The molecule has 16 rings (SSSR count). The zero-order valence-electron chi connectivity index (χ0n) is 39.6. The number of benzene rings is 9. The molecule has 0 fully saturated rings. The lowest BCUT2D eigenvalue weighted by molar-refractivity contribution is 0.466. The molecule has 0 unspecified atom stereocenters. The van der Waals surface area contributed by atoms with Crippen LogP contribution >= 0.6 is 11.8 Å². The molecular formula is C62H43B2NO4S. The van der Waals surface area contributed by atoms with E-state index in [1.807, 2.05) is 11.8 Å². The Morgan fingerprint density at radius 3 is 1.30 bits per heavy atom. The Hall–Kier alpha value is -7.54. The van der Waals surface area contributed by atoms with Gasteiger partial charge in [0.25, 0.3) is 13.4 Å². The van der Waals surface area contributed by atoms with Gasteiger partial charge in [0, 0.05) is 44.4 Å². The van der Waals surface area contributed by atoms with Crippen molar-refractivity contribution in [2.24, 2.45) is 0 Å². The fourth-order valence-electron chi connectivity index (χ4n) is 12.5. The number of hydrogen-bond acceptors (Lipinski definition) is 6. The maximum atomic E-state index is 7.57. The number of fused-ring (bicyclic) bond motifs is 14. The lowest BCUT2D eigenvalue weighted by atomic mass is 9.29. The second-order valence-corrected chi connectivity index (χ2v) is 22.9. The van der Waals surface area contributed by atoms with Crippen molar-refractivity contribution >= 4 is 119 Å². The van der Waals surface area contributed by atoms with Crippen molar-refractivity contribution < 1.29 is 18.3 Å². The largest absolute Gasteiger partial charge is 0.458 e. The number of furan rings is 2. The average Bonchev–Trinajstić information content (AvgIpc) is 3.94. The Morgan fingerprint density at radius 2 is 0.857 bits per heavy atom. The average molecular weight is 920 g/mol. The van der Waals surface area contributed by atoms with Crippen LogP contribution in [0.5, 0.6) is 23.0 Å². The van der Waals surface area contributed by atoms with Crippen LogP contribution in [0.2, 0.25) is 0 Å². The van der Waals surface area contributed by atoms with Gasteiger partial charge in [-0.15, -0.1) is 0 Å². The zero-order chi connectivity index (χ0) is 46.7. The first-order chi connectivity index (χ1) is 34.0. The maximum absolute atomic E-state index is 7.57. The SMILES string of the molecule is CC(C)(C)c1cc2c(c(-c3ccccc3)c1)Oc1cc3c4c5c1B2c1cc2c(oc6ccccc62)c2c1N5c1c(cc5c(oc6ccccc65)c1S2)B4c1cc(C(C)(C)C)cc(-c2ccccc2)c1O3. The summed E-state index contributed by atoms with van der Waals surface area (Å²) in [4.78, 5) is 4.77. The fraction of sp³-hybridized carbons (Fsp3) is 0.129. The molecular weight excluding hydrogens is 876 g/mol. The minimum atomic E-state index is -0.173. The Bertz CT molecular complexity index is 3930. The molecule has 0 saturated carbocycles. The number of ether oxygens (including phenoxy) is 2. The highest BCUT2D eigenvalue weighted by atomic mass is 32.2. The number of rotatable bonds is 2. The molecule has 5 aliphatic heterocycles. The van der Waals surface area contributed by atoms with Gasteiger partial charge in [-0.2, -0.15) is 0 Å². The van der Waals surface area contributed by atoms with E-state index in [0.717, 1.165) is 116 Å². The minimum absolute atomic E-state index is 0.140. The predicted molar refractivity (Wildman–Crippen MR) is 290 cm³/mol. The van der Waals surface area contributed by atoms with Crippen LogP contribution in [0, 0.1) is 0 Å². The Balaban J connectivity index is 1.10. The van der Waals surface area contributed by atoms with Crippen LogP contribution in [0.15, 0.2) is 170 Å². The van der Waals surface area contributed by atoms with E-state index in [-0.39, 0.29) is 24.3 Å². The maximum Gasteiger partial charge on any atom is 0.256 e. The summed E-state index contributed by atoms with van der Waals surface area (Å²) in [5.74, 6) is 3.42. The van der Waals surface area contributed by atoms with Crippen molar-refractivity contribution in [2.75, 3.05) is 4.90 Å². The summed E-state index contributed by atoms with van der Waals surface area (Å²) in [6.07, 6.45) is 0. The molecule has 7 heterocycles. The number of para-hydroxylation sites is 2. The third-order valence-corrected chi connectivity index (χ3v) is 17.0. The highest BCUT2D eigenvalue weighted by Crippen LogP contribution is 2.60. The van der Waals surface area contributed by atoms with Crippen molar-refractivity contribution in [1.29, 1.82) is 0 Å². The van der Waals surface area contributed by atoms with Crippen molar-refractivity contribution in [1.82, 2.24) is 0 Å². The van der Waals surface area contributed by atoms with Crippen LogP contribution < -0.4 is 47.2 Å². The van der Waals surface area contributed by atoms with Gasteiger partial charge in [-0.1, -0.05) is 175 Å². The summed E-state index contributed by atoms with van der Waals surface area (Å²) in [6, 6.07) is 55.2. The molecule has 5 nitrogen and oxygen atoms in total. The van der Waals surface area contributed by atoms with Crippen LogP contribution in [0.3, 0.4) is 0 Å². The van der Waals surface area contributed by atoms with E-state index >= 15 is 0 Å². The highest BCUT2D eigenvalue weighted by molar-refractivity contribution is 8.00. The quantitative estimate of drug-likeness (QED) is 0.161. The standard InChI is InChI=1S/C62H43B2NO4S/c1-61(2,3)34-25-38(32-17-9-7-10-18-32)55-44(27-34)63-42-29-40-36-21-13-15-23-46(36)66-57(40)59-52(42)65-53-43(30-41-37-22-14-16-24-47(37)67-58(41)60(53)70-59)64-45-28-35(62(4,5)6)26-39(33-19-11-8-12-20-33)56(45)69-49-31-48(68-55)50(63)54(65)51(49)64/h7-31H,1-6H3. The monoisotopic (exact) mass is 919 g/mol. The normalized spacial score (nSPS) is 14.5. The Morgan fingerprint density at radius 1 is 0.429 bits per heavy atom. The first kappa shape index (κ1) is 39.3. The molecule has 0 bridgehead atoms. The van der Waals surface area contributed by atoms with Gasteiger partial charge in [-0.3, -0.25) is 0 Å². The lowest BCUT2D eigenvalue weighted by Gasteiger charge is -2.49. The van der Waals surface area contributed by atoms with Crippen LogP contribution in [0.1, 0.15) is 52.7 Å². The third kappa shape index (κ3) is 5.01. The van der Waals surface area contributed by atoms with E-state index in [1.54, 1.807) is 0 Å². The summed E-state index contributed by atoms with van der Waals surface area (Å²) in [5, 5.41) is 4.43. The van der Waals surface area contributed by atoms with Crippen molar-refractivity contribution in [2.45, 2.75) is 62.2 Å². The minimum Gasteiger partial charge on any atom is -0.458 e.